The first-order chi connectivity index (χ1) is 12.2. The number of hydrogen-bond acceptors (Lipinski definition) is 6. The number of piperazine rings is 1. The first-order valence-electron chi connectivity index (χ1n) is 9.41. The molecule has 1 aliphatic rings. The van der Waals surface area contributed by atoms with Crippen molar-refractivity contribution in [1.82, 2.24) is 20.2 Å². The van der Waals surface area contributed by atoms with Crippen LogP contribution in [-0.2, 0) is 4.74 Å². The van der Waals surface area contributed by atoms with E-state index < -0.39 is 18.2 Å². The fraction of sp³-hybridized carbons (Fsp3) is 0.706. The number of nitrogens with one attached hydrogen (secondary N) is 1. The number of alkyl carbamates (subject to hydrolysis) is 1. The van der Waals surface area contributed by atoms with Crippen LogP contribution in [0.2, 0.25) is 0 Å². The van der Waals surface area contributed by atoms with Gasteiger partial charge in [-0.1, -0.05) is 0 Å². The summed E-state index contributed by atoms with van der Waals surface area (Å²) in [5.41, 5.74) is -0.527. The molecule has 0 unspecified atom stereocenters. The van der Waals surface area contributed by atoms with E-state index in [2.05, 4.69) is 20.2 Å². The molecule has 0 bridgehead atoms. The van der Waals surface area contributed by atoms with Crippen LogP contribution in [0.25, 0.3) is 0 Å². The predicted octanol–water partition coefficient (Wildman–Crippen LogP) is 1.90. The zero-order valence-corrected chi connectivity index (χ0v) is 14.8. The van der Waals surface area contributed by atoms with Gasteiger partial charge in [-0.05, 0) is 46.2 Å². The first-order valence-corrected chi connectivity index (χ1v) is 8.41. The lowest BCUT2D eigenvalue weighted by Crippen LogP contribution is -2.47. The highest BCUT2D eigenvalue weighted by molar-refractivity contribution is 5.67. The Morgan fingerprint density at radius 1 is 1.25 bits per heavy atom. The molecule has 1 amide bonds. The summed E-state index contributed by atoms with van der Waals surface area (Å²) in [6.07, 6.45) is 3.87. The molecule has 7 nitrogen and oxygen atoms in total. The molecule has 134 valence electrons. The molecule has 1 saturated heterocycles. The highest BCUT2D eigenvalue weighted by atomic mass is 16.6. The number of hydrogen-bond donors (Lipinski definition) is 1. The Labute approximate surface area is 147 Å². The molecule has 1 aromatic heterocycles. The van der Waals surface area contributed by atoms with Gasteiger partial charge in [0, 0.05) is 47.9 Å². The van der Waals surface area contributed by atoms with Crippen molar-refractivity contribution in [2.24, 2.45) is 0 Å². The standard InChI is InChI=1S/C17H29N5O2/c1-17(2,3)24-16(23)20-7-4-5-10-21-11-13-22(14-12-21)15-18-8-6-9-19-15/h6,8-9H,4-5,7,10-14H2,1-3H3,(H,20,23)/i10D2. The highest BCUT2D eigenvalue weighted by Gasteiger charge is 2.18. The fourth-order valence-corrected chi connectivity index (χ4v) is 2.35. The van der Waals surface area contributed by atoms with Crippen molar-refractivity contribution in [3.8, 4) is 0 Å². The number of ether oxygens (including phenoxy) is 1. The molecule has 0 saturated carbocycles. The monoisotopic (exact) mass is 337 g/mol. The zero-order chi connectivity index (χ0) is 19.2. The van der Waals surface area contributed by atoms with Crippen molar-refractivity contribution < 1.29 is 12.3 Å². The van der Waals surface area contributed by atoms with E-state index in [1.165, 1.54) is 0 Å². The lowest BCUT2D eigenvalue weighted by molar-refractivity contribution is 0.0526. The molecule has 24 heavy (non-hydrogen) atoms. The van der Waals surface area contributed by atoms with E-state index in [4.69, 9.17) is 7.48 Å². The first kappa shape index (κ1) is 15.6. The molecule has 2 rings (SSSR count). The fourth-order valence-electron chi connectivity index (χ4n) is 2.35. The van der Waals surface area contributed by atoms with Crippen LogP contribution in [0.3, 0.4) is 0 Å². The lowest BCUT2D eigenvalue weighted by atomic mass is 10.2. The lowest BCUT2D eigenvalue weighted by Gasteiger charge is -2.34. The summed E-state index contributed by atoms with van der Waals surface area (Å²) >= 11 is 0. The van der Waals surface area contributed by atoms with Crippen molar-refractivity contribution in [2.45, 2.75) is 39.2 Å². The molecule has 0 aromatic carbocycles. The summed E-state index contributed by atoms with van der Waals surface area (Å²) in [5.74, 6) is 0.689. The van der Waals surface area contributed by atoms with Crippen molar-refractivity contribution >= 4 is 12.0 Å². The second kappa shape index (κ2) is 8.82. The van der Waals surface area contributed by atoms with Gasteiger partial charge in [0.05, 0.1) is 0 Å². The van der Waals surface area contributed by atoms with E-state index in [-0.39, 0.29) is 0 Å². The normalized spacial score (nSPS) is 17.9. The van der Waals surface area contributed by atoms with Gasteiger partial charge in [0.25, 0.3) is 0 Å². The van der Waals surface area contributed by atoms with E-state index in [0.717, 1.165) is 0 Å². The minimum atomic E-state index is -1.40. The third-order valence-electron chi connectivity index (χ3n) is 3.47. The quantitative estimate of drug-likeness (QED) is 0.800. The summed E-state index contributed by atoms with van der Waals surface area (Å²) in [6.45, 7) is 7.04. The van der Waals surface area contributed by atoms with Gasteiger partial charge in [-0.15, -0.1) is 0 Å². The van der Waals surface area contributed by atoms with Crippen molar-refractivity contribution in [2.75, 3.05) is 44.1 Å². The Morgan fingerprint density at radius 2 is 1.92 bits per heavy atom. The number of nitrogens with zero attached hydrogens (tertiary/aromatic N) is 4. The van der Waals surface area contributed by atoms with Gasteiger partial charge >= 0.3 is 6.09 Å². The maximum atomic E-state index is 11.6. The minimum Gasteiger partial charge on any atom is -0.444 e. The third-order valence-corrected chi connectivity index (χ3v) is 3.47. The molecule has 0 aliphatic carbocycles. The Morgan fingerprint density at radius 3 is 2.54 bits per heavy atom. The average Bonchev–Trinajstić information content (AvgIpc) is 2.58. The van der Waals surface area contributed by atoms with Crippen LogP contribution in [0, 0.1) is 0 Å². The van der Waals surface area contributed by atoms with Crippen molar-refractivity contribution in [3.05, 3.63) is 18.5 Å². The number of carbonyl (C=O) groups is 1. The van der Waals surface area contributed by atoms with Crippen LogP contribution < -0.4 is 10.2 Å². The molecule has 7 heteroatoms. The topological polar surface area (TPSA) is 70.6 Å². The summed E-state index contributed by atoms with van der Waals surface area (Å²) in [7, 11) is 0. The molecule has 2 heterocycles. The second-order valence-electron chi connectivity index (χ2n) is 6.71. The third kappa shape index (κ3) is 6.70. The van der Waals surface area contributed by atoms with Crippen LogP contribution in [-0.4, -0.2) is 65.8 Å². The van der Waals surface area contributed by atoms with Gasteiger partial charge in [0.2, 0.25) is 5.95 Å². The second-order valence-corrected chi connectivity index (χ2v) is 6.71. The number of amides is 1. The van der Waals surface area contributed by atoms with Crippen molar-refractivity contribution in [3.63, 3.8) is 0 Å². The van der Waals surface area contributed by atoms with Gasteiger partial charge in [-0.3, -0.25) is 4.90 Å². The maximum absolute atomic E-state index is 11.6. The van der Waals surface area contributed by atoms with E-state index >= 15 is 0 Å². The SMILES string of the molecule is [2H]C([2H])(CCCNC(=O)OC(C)(C)C)N1CCN(c2ncccn2)CC1. The Balaban J connectivity index is 1.71. The molecule has 1 N–H and O–H groups in total. The number of rotatable bonds is 6. The summed E-state index contributed by atoms with van der Waals surface area (Å²) in [6, 6.07) is 1.78. The molecule has 0 atom stereocenters. The van der Waals surface area contributed by atoms with Gasteiger partial charge in [-0.2, -0.15) is 0 Å². The van der Waals surface area contributed by atoms with Gasteiger partial charge in [0.1, 0.15) is 5.60 Å². The van der Waals surface area contributed by atoms with Gasteiger partial charge in [-0.25, -0.2) is 14.8 Å². The van der Waals surface area contributed by atoms with Crippen LogP contribution in [0.1, 0.15) is 36.4 Å². The molecule has 1 fully saturated rings. The Bertz CT molecular complexity index is 572. The minimum absolute atomic E-state index is 0.352. The van der Waals surface area contributed by atoms with Crippen molar-refractivity contribution in [1.29, 1.82) is 0 Å². The molecular weight excluding hydrogens is 306 g/mol. The number of anilines is 1. The zero-order valence-electron chi connectivity index (χ0n) is 16.8. The molecule has 0 radical (unpaired) electrons. The Hall–Kier alpha value is -1.89. The summed E-state index contributed by atoms with van der Waals surface area (Å²) in [4.78, 5) is 24.0. The number of aromatic nitrogens is 2. The highest BCUT2D eigenvalue weighted by Crippen LogP contribution is 2.10. The van der Waals surface area contributed by atoms with Crippen LogP contribution in [0.5, 0.6) is 0 Å². The Kier molecular flexibility index (Phi) is 5.74. The molecule has 0 spiro atoms. The van der Waals surface area contributed by atoms with Crippen LogP contribution in [0.4, 0.5) is 10.7 Å². The van der Waals surface area contributed by atoms with E-state index in [1.54, 1.807) is 18.5 Å². The predicted molar refractivity (Wildman–Crippen MR) is 94.2 cm³/mol. The average molecular weight is 337 g/mol. The van der Waals surface area contributed by atoms with Crippen LogP contribution >= 0.6 is 0 Å². The van der Waals surface area contributed by atoms with Gasteiger partial charge < -0.3 is 15.0 Å². The van der Waals surface area contributed by atoms with Crippen LogP contribution in [0.15, 0.2) is 18.5 Å². The molecular formula is C17H29N5O2. The molecule has 1 aliphatic heterocycles. The smallest absolute Gasteiger partial charge is 0.407 e. The van der Waals surface area contributed by atoms with E-state index in [1.807, 2.05) is 25.7 Å². The van der Waals surface area contributed by atoms with Gasteiger partial charge in [0.15, 0.2) is 0 Å². The maximum Gasteiger partial charge on any atom is 0.407 e. The summed E-state index contributed by atoms with van der Waals surface area (Å²) in [5, 5.41) is 2.67. The molecule has 1 aromatic rings. The van der Waals surface area contributed by atoms with E-state index in [0.29, 0.717) is 51.5 Å². The largest absolute Gasteiger partial charge is 0.444 e. The number of carbonyl (C=O) groups excluding carboxylic acids is 1. The van der Waals surface area contributed by atoms with E-state index in [9.17, 15) is 4.79 Å². The summed E-state index contributed by atoms with van der Waals surface area (Å²) < 4.78 is 21.8.